The Bertz CT molecular complexity index is 726. The maximum absolute atomic E-state index is 12.1. The highest BCUT2D eigenvalue weighted by atomic mass is 19.4. The molecule has 0 amide bonds. The van der Waals surface area contributed by atoms with Gasteiger partial charge in [0.1, 0.15) is 0 Å². The van der Waals surface area contributed by atoms with Crippen LogP contribution in [0.3, 0.4) is 0 Å². The molecule has 0 aliphatic carbocycles. The number of aryl methyl sites for hydroxylation is 1. The Morgan fingerprint density at radius 2 is 2.09 bits per heavy atom. The van der Waals surface area contributed by atoms with E-state index in [9.17, 15) is 18.0 Å². The van der Waals surface area contributed by atoms with Crippen molar-refractivity contribution in [3.05, 3.63) is 29.6 Å². The second kappa shape index (κ2) is 5.79. The molecule has 0 bridgehead atoms. The van der Waals surface area contributed by atoms with Gasteiger partial charge in [-0.15, -0.1) is 0 Å². The van der Waals surface area contributed by atoms with Crippen LogP contribution in [0.1, 0.15) is 11.4 Å². The van der Waals surface area contributed by atoms with Crippen molar-refractivity contribution in [3.8, 4) is 5.88 Å². The van der Waals surface area contributed by atoms with E-state index >= 15 is 0 Å². The summed E-state index contributed by atoms with van der Waals surface area (Å²) >= 11 is 0. The molecule has 8 nitrogen and oxygen atoms in total. The lowest BCUT2D eigenvalue weighted by Gasteiger charge is -2.04. The smallest absolute Gasteiger partial charge is 0.395 e. The van der Waals surface area contributed by atoms with Gasteiger partial charge in [0, 0.05) is 5.69 Å². The summed E-state index contributed by atoms with van der Waals surface area (Å²) in [6, 6.07) is 4.87. The van der Waals surface area contributed by atoms with E-state index in [0.29, 0.717) is 5.69 Å². The number of amidine groups is 1. The van der Waals surface area contributed by atoms with Crippen molar-refractivity contribution in [2.75, 3.05) is 0 Å². The third-order valence-electron chi connectivity index (χ3n) is 2.23. The van der Waals surface area contributed by atoms with Gasteiger partial charge in [-0.05, 0) is 29.4 Å². The van der Waals surface area contributed by atoms with Crippen molar-refractivity contribution in [1.29, 1.82) is 0 Å². The molecule has 2 aromatic rings. The minimum absolute atomic E-state index is 0.189. The van der Waals surface area contributed by atoms with Gasteiger partial charge in [0.2, 0.25) is 5.69 Å². The highest BCUT2D eigenvalue weighted by Gasteiger charge is 2.42. The summed E-state index contributed by atoms with van der Waals surface area (Å²) in [4.78, 5) is 18.6. The molecule has 0 atom stereocenters. The first-order valence-electron chi connectivity index (χ1n) is 5.67. The second-order valence-corrected chi connectivity index (χ2v) is 3.94. The van der Waals surface area contributed by atoms with Crippen molar-refractivity contribution < 1.29 is 27.3 Å². The number of aliphatic imine (C=N–C) groups is 1. The molecule has 0 aliphatic heterocycles. The normalized spacial score (nSPS) is 12.3. The van der Waals surface area contributed by atoms with Gasteiger partial charge >= 0.3 is 12.1 Å². The molecule has 11 heteroatoms. The van der Waals surface area contributed by atoms with Gasteiger partial charge in [-0.1, -0.05) is 6.07 Å². The summed E-state index contributed by atoms with van der Waals surface area (Å²) in [6.45, 7) is 1.71. The fourth-order valence-electron chi connectivity index (χ4n) is 1.32. The minimum atomic E-state index is -5.19. The van der Waals surface area contributed by atoms with Gasteiger partial charge < -0.3 is 10.5 Å². The van der Waals surface area contributed by atoms with Crippen LogP contribution < -0.4 is 10.5 Å². The summed E-state index contributed by atoms with van der Waals surface area (Å²) in [5.74, 6) is -3.50. The Labute approximate surface area is 120 Å². The van der Waals surface area contributed by atoms with Crippen LogP contribution >= 0.6 is 0 Å². The number of nitrogens with two attached hydrogens (primary N) is 1. The molecule has 2 rings (SSSR count). The molecule has 22 heavy (non-hydrogen) atoms. The Balaban J connectivity index is 2.27. The number of hydrogen-bond acceptors (Lipinski definition) is 7. The maximum atomic E-state index is 12.1. The molecule has 116 valence electrons. The molecule has 0 saturated carbocycles. The van der Waals surface area contributed by atoms with E-state index < -0.39 is 23.7 Å². The van der Waals surface area contributed by atoms with Crippen molar-refractivity contribution in [3.63, 3.8) is 0 Å². The summed E-state index contributed by atoms with van der Waals surface area (Å²) in [5, 5.41) is 6.30. The fraction of sp³-hybridized carbons (Fsp3) is 0.182. The summed E-state index contributed by atoms with van der Waals surface area (Å²) in [6.07, 6.45) is -5.19. The number of aromatic nitrogens is 3. The average molecular weight is 315 g/mol. The van der Waals surface area contributed by atoms with Gasteiger partial charge in [-0.25, -0.2) is 19.4 Å². The number of halogens is 3. The second-order valence-electron chi connectivity index (χ2n) is 3.94. The summed E-state index contributed by atoms with van der Waals surface area (Å²) in [5.41, 5.74) is 5.79. The standard InChI is InChI=1S/C11H8F3N5O3/c1-5-3-2-4-6(16-5)17-8(15)7-9(19-22-18-7)21-10(20)11(12,13)14/h2-4H,1H3,(H2,15,16,17). The molecule has 0 aromatic carbocycles. The number of nitrogens with zero attached hydrogens (tertiary/aromatic N) is 4. The molecule has 0 aliphatic rings. The molecular weight excluding hydrogens is 307 g/mol. The first-order valence-corrected chi connectivity index (χ1v) is 5.67. The predicted octanol–water partition coefficient (Wildman–Crippen LogP) is 1.28. The molecule has 0 radical (unpaired) electrons. The first kappa shape index (κ1) is 15.4. The third kappa shape index (κ3) is 3.56. The van der Waals surface area contributed by atoms with Crippen LogP contribution in [0.5, 0.6) is 5.88 Å². The van der Waals surface area contributed by atoms with Crippen molar-refractivity contribution in [2.45, 2.75) is 13.1 Å². The summed E-state index contributed by atoms with van der Waals surface area (Å²) in [7, 11) is 0. The van der Waals surface area contributed by atoms with Crippen LogP contribution in [0.25, 0.3) is 0 Å². The zero-order valence-corrected chi connectivity index (χ0v) is 11.0. The van der Waals surface area contributed by atoms with Gasteiger partial charge in [-0.2, -0.15) is 13.2 Å². The lowest BCUT2D eigenvalue weighted by atomic mass is 10.3. The van der Waals surface area contributed by atoms with E-state index in [1.165, 1.54) is 6.07 Å². The van der Waals surface area contributed by atoms with Gasteiger partial charge in [0.15, 0.2) is 11.7 Å². The third-order valence-corrected chi connectivity index (χ3v) is 2.23. The van der Waals surface area contributed by atoms with Crippen molar-refractivity contribution in [2.24, 2.45) is 10.7 Å². The lowest BCUT2D eigenvalue weighted by molar-refractivity contribution is -0.190. The number of pyridine rings is 1. The summed E-state index contributed by atoms with van der Waals surface area (Å²) < 4.78 is 44.7. The molecule has 0 spiro atoms. The van der Waals surface area contributed by atoms with E-state index in [2.05, 4.69) is 29.7 Å². The lowest BCUT2D eigenvalue weighted by Crippen LogP contribution is -2.29. The van der Waals surface area contributed by atoms with E-state index in [1.54, 1.807) is 19.1 Å². The number of ether oxygens (including phenoxy) is 1. The highest BCUT2D eigenvalue weighted by Crippen LogP contribution is 2.21. The number of hydrogen-bond donors (Lipinski definition) is 1. The van der Waals surface area contributed by atoms with Crippen LogP contribution in [0, 0.1) is 6.92 Å². The van der Waals surface area contributed by atoms with Crippen LogP contribution in [-0.2, 0) is 4.79 Å². The average Bonchev–Trinajstić information content (AvgIpc) is 2.85. The first-order chi connectivity index (χ1) is 10.3. The van der Waals surface area contributed by atoms with E-state index in [-0.39, 0.29) is 11.7 Å². The van der Waals surface area contributed by atoms with Crippen molar-refractivity contribution in [1.82, 2.24) is 15.3 Å². The number of alkyl halides is 3. The Morgan fingerprint density at radius 3 is 2.73 bits per heavy atom. The van der Waals surface area contributed by atoms with Gasteiger partial charge in [0.05, 0.1) is 0 Å². The topological polar surface area (TPSA) is 116 Å². The van der Waals surface area contributed by atoms with E-state index in [4.69, 9.17) is 5.73 Å². The molecule has 2 aromatic heterocycles. The largest absolute Gasteiger partial charge is 0.491 e. The fourth-order valence-corrected chi connectivity index (χ4v) is 1.32. The number of carbonyl (C=O) groups is 1. The Morgan fingerprint density at radius 1 is 1.36 bits per heavy atom. The number of esters is 1. The predicted molar refractivity (Wildman–Crippen MR) is 65.3 cm³/mol. The molecule has 0 unspecified atom stereocenters. The van der Waals surface area contributed by atoms with Gasteiger partial charge in [0.25, 0.3) is 5.88 Å². The minimum Gasteiger partial charge on any atom is -0.395 e. The van der Waals surface area contributed by atoms with E-state index in [0.717, 1.165) is 0 Å². The SMILES string of the molecule is Cc1cccc(N=C(N)c2nonc2OC(=O)C(F)(F)F)n1. The Kier molecular flexibility index (Phi) is 4.06. The number of carbonyl (C=O) groups excluding carboxylic acids is 1. The molecule has 0 saturated heterocycles. The maximum Gasteiger partial charge on any atom is 0.491 e. The zero-order valence-electron chi connectivity index (χ0n) is 11.0. The molecule has 2 N–H and O–H groups in total. The highest BCUT2D eigenvalue weighted by molar-refractivity contribution is 5.99. The molecule has 0 fully saturated rings. The number of rotatable bonds is 3. The van der Waals surface area contributed by atoms with Crippen LogP contribution in [0.4, 0.5) is 19.0 Å². The molecule has 2 heterocycles. The quantitative estimate of drug-likeness (QED) is 0.515. The zero-order chi connectivity index (χ0) is 16.3. The van der Waals surface area contributed by atoms with Crippen molar-refractivity contribution >= 4 is 17.6 Å². The van der Waals surface area contributed by atoms with Crippen LogP contribution in [0.15, 0.2) is 27.8 Å². The van der Waals surface area contributed by atoms with Crippen LogP contribution in [-0.4, -0.2) is 33.3 Å². The monoisotopic (exact) mass is 315 g/mol. The van der Waals surface area contributed by atoms with E-state index in [1.807, 2.05) is 0 Å². The van der Waals surface area contributed by atoms with Gasteiger partial charge in [-0.3, -0.25) is 0 Å². The molecular formula is C11H8F3N5O3. The Hall–Kier alpha value is -2.98. The van der Waals surface area contributed by atoms with Crippen LogP contribution in [0.2, 0.25) is 0 Å².